The molecule has 0 fully saturated rings. The molecule has 18 heavy (non-hydrogen) atoms. The van der Waals surface area contributed by atoms with Gasteiger partial charge < -0.3 is 5.11 Å². The van der Waals surface area contributed by atoms with Crippen LogP contribution in [0.1, 0.15) is 17.1 Å². The van der Waals surface area contributed by atoms with Crippen molar-refractivity contribution in [1.82, 2.24) is 19.3 Å². The summed E-state index contributed by atoms with van der Waals surface area (Å²) in [5.41, 5.74) is 1.55. The van der Waals surface area contributed by atoms with Crippen molar-refractivity contribution in [2.24, 2.45) is 7.05 Å². The molecule has 2 aromatic rings. The van der Waals surface area contributed by atoms with Gasteiger partial charge in [-0.15, -0.1) is 0 Å². The minimum absolute atomic E-state index is 0.776. The molecule has 0 aliphatic rings. The standard InChI is InChI=1S/C12H14N4O2/c1-8-10(4-5-11(17)18)12(15(3)14-8)16-7-6-13-9(16)2/h4-7H,1-3H3,(H,17,18)/b5-4+. The van der Waals surface area contributed by atoms with Gasteiger partial charge in [-0.1, -0.05) is 0 Å². The first-order valence-corrected chi connectivity index (χ1v) is 5.45. The number of carboxylic acid groups (broad SMARTS) is 1. The Morgan fingerprint density at radius 2 is 2.17 bits per heavy atom. The van der Waals surface area contributed by atoms with E-state index in [4.69, 9.17) is 5.11 Å². The van der Waals surface area contributed by atoms with Gasteiger partial charge in [0.1, 0.15) is 11.6 Å². The highest BCUT2D eigenvalue weighted by Gasteiger charge is 2.14. The molecule has 0 aromatic carbocycles. The van der Waals surface area contributed by atoms with E-state index in [2.05, 4.69) is 10.1 Å². The van der Waals surface area contributed by atoms with Gasteiger partial charge in [-0.05, 0) is 19.9 Å². The molecule has 0 aliphatic carbocycles. The number of imidazole rings is 1. The number of aromatic nitrogens is 4. The van der Waals surface area contributed by atoms with Crippen molar-refractivity contribution >= 4 is 12.0 Å². The van der Waals surface area contributed by atoms with Crippen molar-refractivity contribution in [3.63, 3.8) is 0 Å². The molecule has 0 saturated carbocycles. The molecule has 0 amide bonds. The van der Waals surface area contributed by atoms with Gasteiger partial charge in [-0.25, -0.2) is 9.78 Å². The Bertz CT molecular complexity index is 622. The SMILES string of the molecule is Cc1nn(C)c(-n2ccnc2C)c1/C=C/C(=O)O. The van der Waals surface area contributed by atoms with Gasteiger partial charge in [0.05, 0.1) is 5.69 Å². The fourth-order valence-electron chi connectivity index (χ4n) is 1.90. The van der Waals surface area contributed by atoms with E-state index >= 15 is 0 Å². The lowest BCUT2D eigenvalue weighted by molar-refractivity contribution is -0.131. The highest BCUT2D eigenvalue weighted by molar-refractivity contribution is 5.86. The van der Waals surface area contributed by atoms with E-state index in [9.17, 15) is 4.79 Å². The summed E-state index contributed by atoms with van der Waals surface area (Å²) in [5.74, 6) is 0.648. The summed E-state index contributed by atoms with van der Waals surface area (Å²) in [7, 11) is 1.82. The molecular weight excluding hydrogens is 232 g/mol. The third-order valence-electron chi connectivity index (χ3n) is 2.68. The molecule has 6 heteroatoms. The Labute approximate surface area is 104 Å². The van der Waals surface area contributed by atoms with E-state index < -0.39 is 5.97 Å². The second kappa shape index (κ2) is 4.48. The zero-order valence-electron chi connectivity index (χ0n) is 10.5. The Balaban J connectivity index is 2.60. The van der Waals surface area contributed by atoms with Crippen LogP contribution < -0.4 is 0 Å². The smallest absolute Gasteiger partial charge is 0.328 e. The lowest BCUT2D eigenvalue weighted by Gasteiger charge is -2.06. The average Bonchev–Trinajstić information content (AvgIpc) is 2.79. The summed E-state index contributed by atoms with van der Waals surface area (Å²) in [5, 5.41) is 13.0. The molecule has 0 atom stereocenters. The van der Waals surface area contributed by atoms with Crippen LogP contribution >= 0.6 is 0 Å². The van der Waals surface area contributed by atoms with Crippen LogP contribution in [0.25, 0.3) is 11.9 Å². The van der Waals surface area contributed by atoms with Crippen LogP contribution in [-0.4, -0.2) is 30.4 Å². The second-order valence-electron chi connectivity index (χ2n) is 3.96. The molecule has 94 valence electrons. The molecular formula is C12H14N4O2. The van der Waals surface area contributed by atoms with E-state index in [0.717, 1.165) is 29.0 Å². The first-order valence-electron chi connectivity index (χ1n) is 5.45. The highest BCUT2D eigenvalue weighted by atomic mass is 16.4. The molecule has 2 heterocycles. The average molecular weight is 246 g/mol. The minimum atomic E-state index is -0.980. The summed E-state index contributed by atoms with van der Waals surface area (Å²) in [6, 6.07) is 0. The molecule has 6 nitrogen and oxygen atoms in total. The minimum Gasteiger partial charge on any atom is -0.478 e. The van der Waals surface area contributed by atoms with Crippen LogP contribution in [0.4, 0.5) is 0 Å². The van der Waals surface area contributed by atoms with Crippen LogP contribution in [0.15, 0.2) is 18.5 Å². The molecule has 2 rings (SSSR count). The van der Waals surface area contributed by atoms with E-state index in [1.165, 1.54) is 0 Å². The van der Waals surface area contributed by atoms with Crippen LogP contribution in [-0.2, 0) is 11.8 Å². The van der Waals surface area contributed by atoms with Crippen molar-refractivity contribution in [2.45, 2.75) is 13.8 Å². The number of rotatable bonds is 3. The molecule has 2 aromatic heterocycles. The first-order chi connectivity index (χ1) is 8.50. The van der Waals surface area contributed by atoms with E-state index in [1.807, 2.05) is 31.7 Å². The van der Waals surface area contributed by atoms with Crippen LogP contribution in [0.2, 0.25) is 0 Å². The topological polar surface area (TPSA) is 72.9 Å². The van der Waals surface area contributed by atoms with Crippen LogP contribution in [0.5, 0.6) is 0 Å². The highest BCUT2D eigenvalue weighted by Crippen LogP contribution is 2.20. The molecule has 0 spiro atoms. The molecule has 0 aliphatic heterocycles. The molecule has 0 unspecified atom stereocenters. The number of aryl methyl sites for hydroxylation is 3. The van der Waals surface area contributed by atoms with Gasteiger partial charge in [-0.2, -0.15) is 5.10 Å². The van der Waals surface area contributed by atoms with Crippen LogP contribution in [0, 0.1) is 13.8 Å². The first kappa shape index (κ1) is 12.1. The van der Waals surface area contributed by atoms with Gasteiger partial charge in [0.25, 0.3) is 0 Å². The van der Waals surface area contributed by atoms with Gasteiger partial charge in [0.15, 0.2) is 0 Å². The zero-order chi connectivity index (χ0) is 13.3. The molecule has 0 radical (unpaired) electrons. The Kier molecular flexibility index (Phi) is 3.01. The summed E-state index contributed by atoms with van der Waals surface area (Å²) in [6.07, 6.45) is 6.19. The zero-order valence-corrected chi connectivity index (χ0v) is 10.5. The fourth-order valence-corrected chi connectivity index (χ4v) is 1.90. The normalized spacial score (nSPS) is 11.3. The Morgan fingerprint density at radius 1 is 1.44 bits per heavy atom. The predicted octanol–water partition coefficient (Wildman–Crippen LogP) is 1.32. The van der Waals surface area contributed by atoms with Crippen molar-refractivity contribution in [3.05, 3.63) is 35.6 Å². The molecule has 1 N–H and O–H groups in total. The summed E-state index contributed by atoms with van der Waals surface area (Å²) >= 11 is 0. The van der Waals surface area contributed by atoms with Crippen molar-refractivity contribution < 1.29 is 9.90 Å². The number of carbonyl (C=O) groups is 1. The van der Waals surface area contributed by atoms with Gasteiger partial charge in [0, 0.05) is 31.1 Å². The number of hydrogen-bond donors (Lipinski definition) is 1. The van der Waals surface area contributed by atoms with E-state index in [1.54, 1.807) is 17.0 Å². The van der Waals surface area contributed by atoms with Crippen molar-refractivity contribution in [1.29, 1.82) is 0 Å². The fraction of sp³-hybridized carbons (Fsp3) is 0.250. The monoisotopic (exact) mass is 246 g/mol. The number of hydrogen-bond acceptors (Lipinski definition) is 3. The maximum atomic E-state index is 10.6. The third kappa shape index (κ3) is 2.04. The Hall–Kier alpha value is -2.37. The lowest BCUT2D eigenvalue weighted by Crippen LogP contribution is -2.05. The van der Waals surface area contributed by atoms with Crippen molar-refractivity contribution in [2.75, 3.05) is 0 Å². The quantitative estimate of drug-likeness (QED) is 0.829. The summed E-state index contributed by atoms with van der Waals surface area (Å²) in [6.45, 7) is 3.73. The number of carboxylic acids is 1. The number of nitrogens with zero attached hydrogens (tertiary/aromatic N) is 4. The summed E-state index contributed by atoms with van der Waals surface area (Å²) < 4.78 is 3.59. The molecule has 0 saturated heterocycles. The van der Waals surface area contributed by atoms with Crippen LogP contribution in [0.3, 0.4) is 0 Å². The summed E-state index contributed by atoms with van der Waals surface area (Å²) in [4.78, 5) is 14.8. The third-order valence-corrected chi connectivity index (χ3v) is 2.68. The van der Waals surface area contributed by atoms with Gasteiger partial charge in [-0.3, -0.25) is 9.25 Å². The lowest BCUT2D eigenvalue weighted by atomic mass is 10.2. The molecule has 0 bridgehead atoms. The van der Waals surface area contributed by atoms with Gasteiger partial charge in [0.2, 0.25) is 0 Å². The number of aliphatic carboxylic acids is 1. The van der Waals surface area contributed by atoms with E-state index in [-0.39, 0.29) is 0 Å². The Morgan fingerprint density at radius 3 is 2.72 bits per heavy atom. The van der Waals surface area contributed by atoms with E-state index in [0.29, 0.717) is 0 Å². The predicted molar refractivity (Wildman–Crippen MR) is 66.5 cm³/mol. The maximum Gasteiger partial charge on any atom is 0.328 e. The van der Waals surface area contributed by atoms with Gasteiger partial charge >= 0.3 is 5.97 Å². The van der Waals surface area contributed by atoms with Crippen molar-refractivity contribution in [3.8, 4) is 5.82 Å². The largest absolute Gasteiger partial charge is 0.478 e. The second-order valence-corrected chi connectivity index (χ2v) is 3.96. The maximum absolute atomic E-state index is 10.6.